The van der Waals surface area contributed by atoms with E-state index in [0.717, 1.165) is 0 Å². The Morgan fingerprint density at radius 2 is 2.18 bits per heavy atom. The lowest BCUT2D eigenvalue weighted by atomic mass is 10.5. The zero-order valence-electron chi connectivity index (χ0n) is 5.87. The number of carboxylic acids is 1. The molecule has 6 nitrogen and oxygen atoms in total. The van der Waals surface area contributed by atoms with E-state index in [1.807, 2.05) is 0 Å². The van der Waals surface area contributed by atoms with Crippen LogP contribution in [0.4, 0.5) is 0 Å². The SMILES string of the molecule is NCCNOC(=O)CC(=O)O. The molecule has 0 atom stereocenters. The molecule has 64 valence electrons. The third-order valence-electron chi connectivity index (χ3n) is 0.728. The number of rotatable bonds is 5. The molecule has 0 unspecified atom stereocenters. The second-order valence-corrected chi connectivity index (χ2v) is 1.73. The number of nitrogens with one attached hydrogen (secondary N) is 1. The lowest BCUT2D eigenvalue weighted by molar-refractivity contribution is -0.156. The highest BCUT2D eigenvalue weighted by molar-refractivity contribution is 5.89. The first-order valence-electron chi connectivity index (χ1n) is 3.01. The monoisotopic (exact) mass is 162 g/mol. The van der Waals surface area contributed by atoms with Crippen LogP contribution in [0.3, 0.4) is 0 Å². The van der Waals surface area contributed by atoms with Gasteiger partial charge < -0.3 is 15.7 Å². The van der Waals surface area contributed by atoms with Crippen molar-refractivity contribution in [1.82, 2.24) is 5.48 Å². The van der Waals surface area contributed by atoms with E-state index in [-0.39, 0.29) is 0 Å². The molecular formula is C5H10N2O4. The molecule has 0 aliphatic carbocycles. The summed E-state index contributed by atoms with van der Waals surface area (Å²) in [6.45, 7) is 0.631. The first-order valence-corrected chi connectivity index (χ1v) is 3.01. The summed E-state index contributed by atoms with van der Waals surface area (Å²) in [4.78, 5) is 24.6. The van der Waals surface area contributed by atoms with Gasteiger partial charge in [0, 0.05) is 13.1 Å². The highest BCUT2D eigenvalue weighted by Crippen LogP contribution is 1.81. The molecule has 0 spiro atoms. The Morgan fingerprint density at radius 3 is 2.64 bits per heavy atom. The second-order valence-electron chi connectivity index (χ2n) is 1.73. The molecule has 0 aromatic carbocycles. The Labute approximate surface area is 63.3 Å². The summed E-state index contributed by atoms with van der Waals surface area (Å²) in [6.07, 6.45) is -0.641. The summed E-state index contributed by atoms with van der Waals surface area (Å²) in [5.41, 5.74) is 7.25. The van der Waals surface area contributed by atoms with Gasteiger partial charge in [-0.1, -0.05) is 0 Å². The minimum atomic E-state index is -1.22. The van der Waals surface area contributed by atoms with Gasteiger partial charge in [-0.15, -0.1) is 0 Å². The molecule has 4 N–H and O–H groups in total. The van der Waals surface area contributed by atoms with E-state index < -0.39 is 18.4 Å². The van der Waals surface area contributed by atoms with E-state index in [1.54, 1.807) is 0 Å². The highest BCUT2D eigenvalue weighted by Gasteiger charge is 2.07. The van der Waals surface area contributed by atoms with Gasteiger partial charge >= 0.3 is 11.9 Å². The number of hydrogen-bond acceptors (Lipinski definition) is 5. The van der Waals surface area contributed by atoms with Crippen LogP contribution in [0.5, 0.6) is 0 Å². The largest absolute Gasteiger partial charge is 0.481 e. The molecule has 0 heterocycles. The Hall–Kier alpha value is -1.14. The molecule has 0 fully saturated rings. The molecule has 0 aromatic heterocycles. The number of hydroxylamine groups is 1. The van der Waals surface area contributed by atoms with Gasteiger partial charge in [-0.2, -0.15) is 5.48 Å². The van der Waals surface area contributed by atoms with Gasteiger partial charge in [0.05, 0.1) is 0 Å². The smallest absolute Gasteiger partial charge is 0.335 e. The van der Waals surface area contributed by atoms with Gasteiger partial charge in [-0.3, -0.25) is 4.79 Å². The fourth-order valence-electron chi connectivity index (χ4n) is 0.350. The summed E-state index contributed by atoms with van der Waals surface area (Å²) in [5, 5.41) is 8.09. The van der Waals surface area contributed by atoms with Crippen molar-refractivity contribution in [3.05, 3.63) is 0 Å². The Balaban J connectivity index is 3.30. The third-order valence-corrected chi connectivity index (χ3v) is 0.728. The summed E-state index contributed by atoms with van der Waals surface area (Å²) in [6, 6.07) is 0. The lowest BCUT2D eigenvalue weighted by Crippen LogP contribution is -2.26. The normalized spacial score (nSPS) is 9.18. The third kappa shape index (κ3) is 6.75. The predicted molar refractivity (Wildman–Crippen MR) is 35.4 cm³/mol. The molecule has 6 heteroatoms. The van der Waals surface area contributed by atoms with E-state index in [1.165, 1.54) is 0 Å². The maximum absolute atomic E-state index is 10.4. The van der Waals surface area contributed by atoms with Crippen molar-refractivity contribution >= 4 is 11.9 Å². The van der Waals surface area contributed by atoms with Gasteiger partial charge in [0.2, 0.25) is 0 Å². The summed E-state index contributed by atoms with van der Waals surface area (Å²) in [5.74, 6) is -2.05. The van der Waals surface area contributed by atoms with E-state index >= 15 is 0 Å². The van der Waals surface area contributed by atoms with E-state index in [2.05, 4.69) is 10.3 Å². The van der Waals surface area contributed by atoms with Crippen molar-refractivity contribution in [3.63, 3.8) is 0 Å². The van der Waals surface area contributed by atoms with Crippen LogP contribution in [0, 0.1) is 0 Å². The molecule has 0 aliphatic rings. The van der Waals surface area contributed by atoms with Crippen molar-refractivity contribution < 1.29 is 19.5 Å². The maximum Gasteiger partial charge on any atom is 0.335 e. The standard InChI is InChI=1S/C5H10N2O4/c6-1-2-7-11-5(10)3-4(8)9/h7H,1-3,6H2,(H,8,9). The number of aliphatic carboxylic acids is 1. The molecule has 0 bridgehead atoms. The van der Waals surface area contributed by atoms with E-state index in [9.17, 15) is 9.59 Å². The van der Waals surface area contributed by atoms with Crippen LogP contribution in [0.1, 0.15) is 6.42 Å². The van der Waals surface area contributed by atoms with Crippen LogP contribution in [0.25, 0.3) is 0 Å². The lowest BCUT2D eigenvalue weighted by Gasteiger charge is -2.01. The van der Waals surface area contributed by atoms with Gasteiger partial charge in [-0.05, 0) is 0 Å². The number of carbonyl (C=O) groups excluding carboxylic acids is 1. The molecule has 11 heavy (non-hydrogen) atoms. The number of hydrogen-bond donors (Lipinski definition) is 3. The molecule has 0 saturated carbocycles. The van der Waals surface area contributed by atoms with Crippen molar-refractivity contribution in [1.29, 1.82) is 0 Å². The Bertz CT molecular complexity index is 147. The minimum Gasteiger partial charge on any atom is -0.481 e. The molecule has 0 amide bonds. The van der Waals surface area contributed by atoms with Crippen molar-refractivity contribution in [2.24, 2.45) is 5.73 Å². The summed E-state index contributed by atoms with van der Waals surface area (Å²) >= 11 is 0. The maximum atomic E-state index is 10.4. The van der Waals surface area contributed by atoms with Crippen LogP contribution in [-0.2, 0) is 14.4 Å². The van der Waals surface area contributed by atoms with Crippen molar-refractivity contribution in [2.75, 3.05) is 13.1 Å². The van der Waals surface area contributed by atoms with Gasteiger partial charge in [0.1, 0.15) is 6.42 Å². The molecule has 0 radical (unpaired) electrons. The average molecular weight is 162 g/mol. The number of nitrogens with two attached hydrogens (primary N) is 1. The van der Waals surface area contributed by atoms with Crippen molar-refractivity contribution in [3.8, 4) is 0 Å². The van der Waals surface area contributed by atoms with Crippen LogP contribution < -0.4 is 11.2 Å². The molecule has 0 rings (SSSR count). The fraction of sp³-hybridized carbons (Fsp3) is 0.600. The zero-order chi connectivity index (χ0) is 8.69. The van der Waals surface area contributed by atoms with Crippen molar-refractivity contribution in [2.45, 2.75) is 6.42 Å². The van der Waals surface area contributed by atoms with Gasteiger partial charge in [0.25, 0.3) is 0 Å². The van der Waals surface area contributed by atoms with Crippen LogP contribution in [0.15, 0.2) is 0 Å². The molecular weight excluding hydrogens is 152 g/mol. The predicted octanol–water partition coefficient (Wildman–Crippen LogP) is -1.53. The van der Waals surface area contributed by atoms with Crippen LogP contribution >= 0.6 is 0 Å². The van der Waals surface area contributed by atoms with E-state index in [4.69, 9.17) is 10.8 Å². The Morgan fingerprint density at radius 1 is 1.55 bits per heavy atom. The Kier molecular flexibility index (Phi) is 5.05. The second kappa shape index (κ2) is 5.63. The summed E-state index contributed by atoms with van der Waals surface area (Å²) in [7, 11) is 0. The van der Waals surface area contributed by atoms with Gasteiger partial charge in [-0.25, -0.2) is 4.79 Å². The highest BCUT2D eigenvalue weighted by atomic mass is 16.7. The average Bonchev–Trinajstić information content (AvgIpc) is 1.86. The first-order chi connectivity index (χ1) is 5.16. The van der Waals surface area contributed by atoms with Crippen LogP contribution in [-0.4, -0.2) is 30.1 Å². The number of carbonyl (C=O) groups is 2. The van der Waals surface area contributed by atoms with Gasteiger partial charge in [0.15, 0.2) is 0 Å². The quantitative estimate of drug-likeness (QED) is 0.257. The fourth-order valence-corrected chi connectivity index (χ4v) is 0.350. The number of carboxylic acid groups (broad SMARTS) is 1. The minimum absolute atomic E-state index is 0.311. The first kappa shape index (κ1) is 9.86. The molecule has 0 aromatic rings. The topological polar surface area (TPSA) is 102 Å². The summed E-state index contributed by atoms with van der Waals surface area (Å²) < 4.78 is 0. The molecule has 0 aliphatic heterocycles. The zero-order valence-corrected chi connectivity index (χ0v) is 5.87. The molecule has 0 saturated heterocycles. The van der Waals surface area contributed by atoms with E-state index in [0.29, 0.717) is 13.1 Å². The van der Waals surface area contributed by atoms with Crippen LogP contribution in [0.2, 0.25) is 0 Å².